The zero-order chi connectivity index (χ0) is 19.6. The minimum Gasteiger partial charge on any atom is -0.496 e. The number of carbonyl (C=O) groups is 1. The molecule has 0 aliphatic carbocycles. The van der Waals surface area contributed by atoms with Crippen molar-refractivity contribution in [3.05, 3.63) is 51.8 Å². The fourth-order valence-corrected chi connectivity index (χ4v) is 3.57. The van der Waals surface area contributed by atoms with E-state index in [-0.39, 0.29) is 17.5 Å². The standard InChI is InChI=1S/C20H27N3O4/c1-5-22-9-8-15-19(17(26-4)13-18(24)23(15)11-10-22)20(25)21(3)14(2)16-7-6-12-27-16/h6-7,12-14H,5,8-11H2,1-4H3/t14-/m0/s1. The molecule has 0 fully saturated rings. The van der Waals surface area contributed by atoms with Crippen LogP contribution in [0.25, 0.3) is 0 Å². The highest BCUT2D eigenvalue weighted by Crippen LogP contribution is 2.28. The van der Waals surface area contributed by atoms with E-state index in [1.54, 1.807) is 28.8 Å². The number of ether oxygens (including phenoxy) is 1. The van der Waals surface area contributed by atoms with Crippen molar-refractivity contribution in [1.29, 1.82) is 0 Å². The predicted molar refractivity (Wildman–Crippen MR) is 102 cm³/mol. The molecule has 1 atom stereocenters. The number of rotatable bonds is 5. The van der Waals surface area contributed by atoms with Gasteiger partial charge in [0, 0.05) is 44.9 Å². The van der Waals surface area contributed by atoms with E-state index in [0.29, 0.717) is 30.0 Å². The van der Waals surface area contributed by atoms with Gasteiger partial charge in [-0.1, -0.05) is 6.92 Å². The monoisotopic (exact) mass is 373 g/mol. The number of likely N-dealkylation sites (N-methyl/N-ethyl adjacent to an activating group) is 1. The van der Waals surface area contributed by atoms with Crippen LogP contribution in [0.1, 0.15) is 41.7 Å². The number of furan rings is 1. The third-order valence-electron chi connectivity index (χ3n) is 5.42. The molecule has 3 heterocycles. The van der Waals surface area contributed by atoms with E-state index in [1.165, 1.54) is 13.2 Å². The van der Waals surface area contributed by atoms with Gasteiger partial charge in [0.05, 0.1) is 19.4 Å². The second kappa shape index (κ2) is 8.00. The smallest absolute Gasteiger partial charge is 0.259 e. The first kappa shape index (κ1) is 19.2. The number of pyridine rings is 1. The minimum atomic E-state index is -0.234. The fraction of sp³-hybridized carbons (Fsp3) is 0.500. The van der Waals surface area contributed by atoms with Gasteiger partial charge in [0.25, 0.3) is 11.5 Å². The highest BCUT2D eigenvalue weighted by atomic mass is 16.5. The molecule has 0 radical (unpaired) electrons. The molecule has 0 aromatic carbocycles. The Morgan fingerprint density at radius 1 is 1.37 bits per heavy atom. The van der Waals surface area contributed by atoms with Gasteiger partial charge in [-0.15, -0.1) is 0 Å². The van der Waals surface area contributed by atoms with Gasteiger partial charge in [-0.3, -0.25) is 9.59 Å². The molecule has 7 heteroatoms. The summed E-state index contributed by atoms with van der Waals surface area (Å²) in [6.07, 6.45) is 2.22. The molecule has 0 spiro atoms. The first-order valence-corrected chi connectivity index (χ1v) is 9.31. The molecule has 2 aromatic heterocycles. The van der Waals surface area contributed by atoms with Gasteiger partial charge in [-0.2, -0.15) is 0 Å². The van der Waals surface area contributed by atoms with Gasteiger partial charge in [0.1, 0.15) is 17.1 Å². The summed E-state index contributed by atoms with van der Waals surface area (Å²) in [5, 5.41) is 0. The number of fused-ring (bicyclic) bond motifs is 1. The lowest BCUT2D eigenvalue weighted by Gasteiger charge is -2.26. The fourth-order valence-electron chi connectivity index (χ4n) is 3.57. The van der Waals surface area contributed by atoms with Crippen molar-refractivity contribution in [2.24, 2.45) is 0 Å². The van der Waals surface area contributed by atoms with Crippen LogP contribution in [0, 0.1) is 0 Å². The molecule has 0 bridgehead atoms. The van der Waals surface area contributed by atoms with E-state index in [4.69, 9.17) is 9.15 Å². The number of hydrogen-bond acceptors (Lipinski definition) is 5. The van der Waals surface area contributed by atoms with Crippen LogP contribution in [0.4, 0.5) is 0 Å². The molecule has 1 amide bonds. The van der Waals surface area contributed by atoms with Crippen molar-refractivity contribution in [3.8, 4) is 5.75 Å². The predicted octanol–water partition coefficient (Wildman–Crippen LogP) is 2.16. The Bertz CT molecular complexity index is 857. The summed E-state index contributed by atoms with van der Waals surface area (Å²) in [5.41, 5.74) is 1.09. The van der Waals surface area contributed by atoms with Crippen molar-refractivity contribution < 1.29 is 13.9 Å². The average molecular weight is 373 g/mol. The third-order valence-corrected chi connectivity index (χ3v) is 5.42. The maximum Gasteiger partial charge on any atom is 0.259 e. The first-order valence-electron chi connectivity index (χ1n) is 9.31. The number of amides is 1. The molecule has 1 aliphatic rings. The van der Waals surface area contributed by atoms with Gasteiger partial charge < -0.3 is 23.5 Å². The normalized spacial score (nSPS) is 15.7. The largest absolute Gasteiger partial charge is 0.496 e. The summed E-state index contributed by atoms with van der Waals surface area (Å²) >= 11 is 0. The summed E-state index contributed by atoms with van der Waals surface area (Å²) in [5.74, 6) is 0.866. The van der Waals surface area contributed by atoms with Gasteiger partial charge in [-0.25, -0.2) is 0 Å². The molecular weight excluding hydrogens is 346 g/mol. The number of nitrogens with zero attached hydrogens (tertiary/aromatic N) is 3. The Balaban J connectivity index is 2.04. The summed E-state index contributed by atoms with van der Waals surface area (Å²) in [6.45, 7) is 7.10. The highest BCUT2D eigenvalue weighted by molar-refractivity contribution is 5.98. The van der Waals surface area contributed by atoms with Crippen molar-refractivity contribution in [3.63, 3.8) is 0 Å². The molecule has 1 aliphatic heterocycles. The number of carbonyl (C=O) groups excluding carboxylic acids is 1. The maximum atomic E-state index is 13.4. The van der Waals surface area contributed by atoms with Crippen LogP contribution < -0.4 is 10.3 Å². The summed E-state index contributed by atoms with van der Waals surface area (Å²) in [7, 11) is 3.24. The second-order valence-electron chi connectivity index (χ2n) is 6.82. The average Bonchev–Trinajstić information content (AvgIpc) is 3.13. The van der Waals surface area contributed by atoms with E-state index in [1.807, 2.05) is 13.0 Å². The van der Waals surface area contributed by atoms with Crippen molar-refractivity contribution in [1.82, 2.24) is 14.4 Å². The zero-order valence-electron chi connectivity index (χ0n) is 16.4. The maximum absolute atomic E-state index is 13.4. The van der Waals surface area contributed by atoms with Crippen LogP contribution in [0.5, 0.6) is 5.75 Å². The lowest BCUT2D eigenvalue weighted by atomic mass is 10.1. The van der Waals surface area contributed by atoms with E-state index < -0.39 is 0 Å². The van der Waals surface area contributed by atoms with Gasteiger partial charge in [0.15, 0.2) is 0 Å². The van der Waals surface area contributed by atoms with Crippen molar-refractivity contribution in [2.75, 3.05) is 33.8 Å². The molecule has 0 saturated heterocycles. The zero-order valence-corrected chi connectivity index (χ0v) is 16.4. The summed E-state index contributed by atoms with van der Waals surface area (Å²) in [6, 6.07) is 4.84. The Hall–Kier alpha value is -2.54. The van der Waals surface area contributed by atoms with Crippen LogP contribution in [-0.4, -0.2) is 54.1 Å². The lowest BCUT2D eigenvalue weighted by molar-refractivity contribution is 0.0720. The van der Waals surface area contributed by atoms with Gasteiger partial charge in [0.2, 0.25) is 0 Å². The van der Waals surface area contributed by atoms with Crippen molar-refractivity contribution >= 4 is 5.91 Å². The topological polar surface area (TPSA) is 67.9 Å². The first-order chi connectivity index (χ1) is 13.0. The Morgan fingerprint density at radius 2 is 2.15 bits per heavy atom. The summed E-state index contributed by atoms with van der Waals surface area (Å²) in [4.78, 5) is 29.9. The molecule has 27 heavy (non-hydrogen) atoms. The Morgan fingerprint density at radius 3 is 2.78 bits per heavy atom. The molecule has 0 N–H and O–H groups in total. The minimum absolute atomic E-state index is 0.127. The number of aromatic nitrogens is 1. The third kappa shape index (κ3) is 3.64. The summed E-state index contributed by atoms with van der Waals surface area (Å²) < 4.78 is 12.6. The van der Waals surface area contributed by atoms with E-state index >= 15 is 0 Å². The molecular formula is C20H27N3O4. The highest BCUT2D eigenvalue weighted by Gasteiger charge is 2.29. The molecule has 7 nitrogen and oxygen atoms in total. The molecule has 146 valence electrons. The molecule has 0 unspecified atom stereocenters. The van der Waals surface area contributed by atoms with E-state index in [9.17, 15) is 9.59 Å². The van der Waals surface area contributed by atoms with Crippen molar-refractivity contribution in [2.45, 2.75) is 32.9 Å². The molecule has 0 saturated carbocycles. The number of hydrogen-bond donors (Lipinski definition) is 0. The lowest BCUT2D eigenvalue weighted by Crippen LogP contribution is -2.34. The Labute approximate surface area is 159 Å². The van der Waals surface area contributed by atoms with Crippen LogP contribution in [-0.2, 0) is 13.0 Å². The Kier molecular flexibility index (Phi) is 5.70. The van der Waals surface area contributed by atoms with E-state index in [2.05, 4.69) is 11.8 Å². The molecule has 3 rings (SSSR count). The van der Waals surface area contributed by atoms with E-state index in [0.717, 1.165) is 25.3 Å². The SMILES string of the molecule is CCN1CCc2c(C(=O)N(C)[C@@H](C)c3ccco3)c(OC)cc(=O)n2CC1. The second-order valence-corrected chi connectivity index (χ2v) is 6.82. The quantitative estimate of drug-likeness (QED) is 0.803. The molecule has 2 aromatic rings. The van der Waals surface area contributed by atoms with Crippen LogP contribution >= 0.6 is 0 Å². The van der Waals surface area contributed by atoms with Crippen LogP contribution in [0.2, 0.25) is 0 Å². The van der Waals surface area contributed by atoms with Gasteiger partial charge >= 0.3 is 0 Å². The van der Waals surface area contributed by atoms with Crippen LogP contribution in [0.15, 0.2) is 33.7 Å². The van der Waals surface area contributed by atoms with Crippen LogP contribution in [0.3, 0.4) is 0 Å². The van der Waals surface area contributed by atoms with Gasteiger partial charge in [-0.05, 0) is 25.6 Å². The number of methoxy groups -OCH3 is 1.